The van der Waals surface area contributed by atoms with Crippen molar-refractivity contribution in [1.29, 1.82) is 0 Å². The van der Waals surface area contributed by atoms with E-state index >= 15 is 13.2 Å². The number of pyridine rings is 5. The summed E-state index contributed by atoms with van der Waals surface area (Å²) in [5, 5.41) is 0. The molecular weight excluding hydrogens is 1100 g/mol. The molecule has 5 aromatic carbocycles. The van der Waals surface area contributed by atoms with Gasteiger partial charge in [-0.3, -0.25) is 42.8 Å². The monoisotopic (exact) mass is 1150 g/mol. The van der Waals surface area contributed by atoms with Crippen LogP contribution in [0.25, 0.3) is 128 Å². The second-order valence-corrected chi connectivity index (χ2v) is 22.2. The number of hydrogen-bond donors (Lipinski definition) is 0. The van der Waals surface area contributed by atoms with Crippen LogP contribution in [0.1, 0.15) is 68.7 Å². The van der Waals surface area contributed by atoms with Crippen molar-refractivity contribution in [3.05, 3.63) is 224 Å². The fourth-order valence-electron chi connectivity index (χ4n) is 12.3. The van der Waals surface area contributed by atoms with Crippen LogP contribution in [0.2, 0.25) is 0 Å². The van der Waals surface area contributed by atoms with Crippen molar-refractivity contribution in [2.45, 2.75) is 59.6 Å². The van der Waals surface area contributed by atoms with E-state index in [1.165, 1.54) is 12.4 Å². The molecule has 423 valence electrons. The first kappa shape index (κ1) is 52.8. The molecule has 10 heterocycles. The molecule has 18 heteroatoms. The maximum Gasteiger partial charge on any atom is 0.450 e. The van der Waals surface area contributed by atoms with Crippen LogP contribution in [-0.2, 0) is 6.18 Å². The van der Waals surface area contributed by atoms with E-state index in [1.54, 1.807) is 67.6 Å². The molecule has 0 atom stereocenters. The third-order valence-electron chi connectivity index (χ3n) is 16.0. The number of benzene rings is 5. The van der Waals surface area contributed by atoms with Crippen molar-refractivity contribution < 1.29 is 13.2 Å². The molecule has 0 aliphatic carbocycles. The van der Waals surface area contributed by atoms with Crippen LogP contribution in [0.4, 0.5) is 13.2 Å². The van der Waals surface area contributed by atoms with Gasteiger partial charge in [-0.1, -0.05) is 76.2 Å². The second kappa shape index (κ2) is 20.4. The molecule has 15 rings (SSSR count). The van der Waals surface area contributed by atoms with E-state index in [1.807, 2.05) is 62.4 Å². The van der Waals surface area contributed by atoms with Gasteiger partial charge >= 0.3 is 6.18 Å². The fourth-order valence-corrected chi connectivity index (χ4v) is 12.3. The number of fused-ring (bicyclic) bond motifs is 5. The van der Waals surface area contributed by atoms with Gasteiger partial charge in [0.05, 0.1) is 58.1 Å². The molecule has 0 aliphatic heterocycles. The zero-order valence-corrected chi connectivity index (χ0v) is 47.9. The van der Waals surface area contributed by atoms with Crippen LogP contribution in [-0.4, -0.2) is 72.7 Å². The largest absolute Gasteiger partial charge is 0.450 e. The average molecular weight is 1150 g/mol. The number of imidazole rings is 5. The average Bonchev–Trinajstić information content (AvgIpc) is 1.68. The van der Waals surface area contributed by atoms with Gasteiger partial charge in [0.15, 0.2) is 5.65 Å². The van der Waals surface area contributed by atoms with E-state index in [9.17, 15) is 0 Å². The van der Waals surface area contributed by atoms with Crippen LogP contribution in [0.5, 0.6) is 0 Å². The maximum atomic E-state index is 15.4. The first-order chi connectivity index (χ1) is 42.3. The molecule has 0 amide bonds. The Labute approximate surface area is 495 Å². The molecule has 0 unspecified atom stereocenters. The fraction of sp³-hybridized carbons (Fsp3) is 0.130. The molecule has 0 bridgehead atoms. The Morgan fingerprint density at radius 3 is 1.43 bits per heavy atom. The summed E-state index contributed by atoms with van der Waals surface area (Å²) < 4.78 is 55.9. The van der Waals surface area contributed by atoms with Gasteiger partial charge in [-0.2, -0.15) is 13.2 Å². The zero-order chi connectivity index (χ0) is 59.4. The number of alkyl halides is 3. The maximum absolute atomic E-state index is 15.4. The lowest BCUT2D eigenvalue weighted by molar-refractivity contribution is -0.145. The van der Waals surface area contributed by atoms with Crippen molar-refractivity contribution in [1.82, 2.24) is 72.7 Å². The lowest BCUT2D eigenvalue weighted by Crippen LogP contribution is -2.14. The first-order valence-electron chi connectivity index (χ1n) is 28.5. The van der Waals surface area contributed by atoms with Crippen molar-refractivity contribution in [2.75, 3.05) is 0 Å². The van der Waals surface area contributed by atoms with Gasteiger partial charge in [0.25, 0.3) is 0 Å². The molecule has 0 N–H and O–H groups in total. The summed E-state index contributed by atoms with van der Waals surface area (Å²) in [4.78, 5) is 46.6. The highest BCUT2D eigenvalue weighted by molar-refractivity contribution is 6.04. The van der Waals surface area contributed by atoms with E-state index in [0.717, 1.165) is 106 Å². The predicted octanol–water partition coefficient (Wildman–Crippen LogP) is 15.7. The number of hydrogen-bond acceptors (Lipinski definition) is 10. The molecule has 0 saturated heterocycles. The number of aryl methyl sites for hydroxylation is 2. The molecule has 10 aromatic heterocycles. The summed E-state index contributed by atoms with van der Waals surface area (Å²) in [6.07, 6.45) is 10.4. The molecular formula is C69H51F3N15. The van der Waals surface area contributed by atoms with Gasteiger partial charge in [-0.15, -0.1) is 0 Å². The molecule has 0 saturated carbocycles. The molecule has 87 heavy (non-hydrogen) atoms. The van der Waals surface area contributed by atoms with Gasteiger partial charge in [0.1, 0.15) is 45.4 Å². The number of halogens is 3. The minimum absolute atomic E-state index is 0.0193. The third kappa shape index (κ3) is 8.72. The predicted molar refractivity (Wildman–Crippen MR) is 332 cm³/mol. The van der Waals surface area contributed by atoms with Gasteiger partial charge in [0, 0.05) is 93.9 Å². The molecule has 15 nitrogen and oxygen atoms in total. The molecule has 0 spiro atoms. The summed E-state index contributed by atoms with van der Waals surface area (Å²) >= 11 is 0. The van der Waals surface area contributed by atoms with Gasteiger partial charge < -0.3 is 0 Å². The van der Waals surface area contributed by atoms with Crippen molar-refractivity contribution in [2.24, 2.45) is 0 Å². The summed E-state index contributed by atoms with van der Waals surface area (Å²) in [7, 11) is 0. The van der Waals surface area contributed by atoms with E-state index < -0.39 is 12.0 Å². The summed E-state index contributed by atoms with van der Waals surface area (Å²) in [6, 6.07) is 47.7. The van der Waals surface area contributed by atoms with Gasteiger partial charge in [-0.05, 0) is 121 Å². The first-order valence-corrected chi connectivity index (χ1v) is 28.5. The Balaban J connectivity index is 1.10. The van der Waals surface area contributed by atoms with Crippen LogP contribution >= 0.6 is 0 Å². The minimum atomic E-state index is -4.82. The molecule has 15 aromatic rings. The number of nitrogens with zero attached hydrogens (tertiary/aromatic N) is 15. The van der Waals surface area contributed by atoms with Crippen LogP contribution < -0.4 is 0 Å². The van der Waals surface area contributed by atoms with E-state index in [4.69, 9.17) is 24.9 Å². The van der Waals surface area contributed by atoms with Gasteiger partial charge in [-0.25, -0.2) is 29.9 Å². The number of aromatic nitrogens is 15. The van der Waals surface area contributed by atoms with E-state index in [-0.39, 0.29) is 28.6 Å². The highest BCUT2D eigenvalue weighted by Crippen LogP contribution is 2.50. The zero-order valence-electron chi connectivity index (χ0n) is 47.9. The Kier molecular flexibility index (Phi) is 12.4. The molecule has 0 aliphatic rings. The second-order valence-electron chi connectivity index (χ2n) is 22.2. The van der Waals surface area contributed by atoms with Crippen molar-refractivity contribution in [3.8, 4) is 72.9 Å². The third-order valence-corrected chi connectivity index (χ3v) is 16.0. The lowest BCUT2D eigenvalue weighted by Gasteiger charge is -2.26. The van der Waals surface area contributed by atoms with Crippen molar-refractivity contribution >= 4 is 55.3 Å². The Morgan fingerprint density at radius 1 is 0.402 bits per heavy atom. The quantitative estimate of drug-likeness (QED) is 0.122. The molecule has 0 fully saturated rings. The number of rotatable bonds is 11. The van der Waals surface area contributed by atoms with Crippen LogP contribution in [0.3, 0.4) is 0 Å². The van der Waals surface area contributed by atoms with Crippen LogP contribution in [0, 0.1) is 19.9 Å². The summed E-state index contributed by atoms with van der Waals surface area (Å²) in [5.41, 5.74) is 15.9. The Hall–Kier alpha value is -11.0. The standard InChI is InChI=1S/C69H51F3N15/c1-39(2)66-80-54-36-74-28-23-58(54)85(66)47-20-18-43(19-21-47)51-34-52(44-11-7-16-50(31-44)87-60-25-30-76-38-56(60)82-68(87)69(70,71)72)63(46-13-9-15-49(33-46)86-59-24-29-75-37-55(59)81-67(86)40(3)4)64(84-42(6)79-65-61(84)17-10-26-77-65)62(51)45-12-8-14-48(32-45)83-41(5)78-53-35-73-27-22-57(53)83/h7-33,35-40H,1-6H3. The lowest BCUT2D eigenvalue weighted by atomic mass is 9.83. The Bertz CT molecular complexity index is 5220. The van der Waals surface area contributed by atoms with Crippen LogP contribution in [0.15, 0.2) is 189 Å². The SMILES string of the molecule is Cc1nc2cnccc2n1-c1cccc(-c2c(-c3ccc(-n4c(C(C)C)nc5cnccc54)cc3)[c]c(-c3cccc(-n4c(C(F)(F)F)nc5cnccc54)c3)c(-c3cccc(-n4c(C(C)C)nc5cnccc54)c3)c2-n2c(C)nc3ncccc32)c1. The minimum Gasteiger partial charge on any atom is -0.296 e. The normalized spacial score (nSPS) is 12.2. The topological polar surface area (TPSA) is 154 Å². The molecule has 1 radical (unpaired) electrons. The highest BCUT2D eigenvalue weighted by atomic mass is 19.4. The smallest absolute Gasteiger partial charge is 0.296 e. The Morgan fingerprint density at radius 2 is 0.862 bits per heavy atom. The summed E-state index contributed by atoms with van der Waals surface area (Å²) in [6.45, 7) is 12.4. The van der Waals surface area contributed by atoms with E-state index in [0.29, 0.717) is 33.7 Å². The van der Waals surface area contributed by atoms with Gasteiger partial charge in [0.2, 0.25) is 5.82 Å². The highest BCUT2D eigenvalue weighted by Gasteiger charge is 2.38. The van der Waals surface area contributed by atoms with Crippen molar-refractivity contribution in [3.63, 3.8) is 0 Å². The summed E-state index contributed by atoms with van der Waals surface area (Å²) in [5.74, 6) is 2.17. The van der Waals surface area contributed by atoms with E-state index in [2.05, 4.69) is 138 Å².